The number of nitrogens with one attached hydrogen (secondary N) is 2. The van der Waals surface area contributed by atoms with Gasteiger partial charge in [-0.15, -0.1) is 16.9 Å². The van der Waals surface area contributed by atoms with Gasteiger partial charge in [0.1, 0.15) is 10.2 Å². The van der Waals surface area contributed by atoms with Crippen LogP contribution in [0.25, 0.3) is 0 Å². The summed E-state index contributed by atoms with van der Waals surface area (Å²) in [6.45, 7) is 2.95. The van der Waals surface area contributed by atoms with E-state index < -0.39 is 0 Å². The van der Waals surface area contributed by atoms with E-state index in [-0.39, 0.29) is 5.56 Å². The summed E-state index contributed by atoms with van der Waals surface area (Å²) < 4.78 is 16.8. The van der Waals surface area contributed by atoms with Crippen molar-refractivity contribution >= 4 is 33.4 Å². The lowest BCUT2D eigenvalue weighted by molar-refractivity contribution is 0.327. The summed E-state index contributed by atoms with van der Waals surface area (Å²) in [6, 6.07) is 14.0. The first-order chi connectivity index (χ1) is 15.0. The number of aromatic nitrogens is 2. The van der Waals surface area contributed by atoms with Gasteiger partial charge in [-0.3, -0.25) is 4.79 Å². The highest BCUT2D eigenvalue weighted by molar-refractivity contribution is 9.10. The fourth-order valence-electron chi connectivity index (χ4n) is 2.78. The number of halogens is 1. The van der Waals surface area contributed by atoms with Crippen LogP contribution >= 0.6 is 27.7 Å². The van der Waals surface area contributed by atoms with Crippen molar-refractivity contribution in [3.63, 3.8) is 0 Å². The predicted octanol–water partition coefficient (Wildman–Crippen LogP) is 4.64. The molecule has 3 aromatic rings. The Bertz CT molecular complexity index is 1070. The molecule has 0 atom stereocenters. The molecule has 31 heavy (non-hydrogen) atoms. The van der Waals surface area contributed by atoms with Crippen molar-refractivity contribution in [2.45, 2.75) is 18.4 Å². The predicted molar refractivity (Wildman–Crippen MR) is 127 cm³/mol. The molecular weight excluding hydrogens is 482 g/mol. The Hall–Kier alpha value is -2.65. The highest BCUT2D eigenvalue weighted by Gasteiger charge is 2.14. The third-order valence-corrected chi connectivity index (χ3v) is 6.15. The smallest absolute Gasteiger partial charge is 0.280 e. The highest BCUT2D eigenvalue weighted by atomic mass is 79.9. The van der Waals surface area contributed by atoms with Crippen LogP contribution in [0, 0.1) is 6.92 Å². The van der Waals surface area contributed by atoms with E-state index in [9.17, 15) is 4.79 Å². The topological polar surface area (TPSA) is 85.5 Å². The maximum Gasteiger partial charge on any atom is 0.280 e. The van der Waals surface area contributed by atoms with E-state index in [0.29, 0.717) is 40.7 Å². The van der Waals surface area contributed by atoms with Gasteiger partial charge in [-0.05, 0) is 52.7 Å². The lowest BCUT2D eigenvalue weighted by Crippen LogP contribution is -2.16. The number of aromatic amines is 1. The van der Waals surface area contributed by atoms with Gasteiger partial charge in [0.05, 0.1) is 20.8 Å². The molecule has 1 heterocycles. The molecule has 0 unspecified atom stereocenters. The molecule has 0 radical (unpaired) electrons. The van der Waals surface area contributed by atoms with Crippen molar-refractivity contribution in [1.29, 1.82) is 0 Å². The molecule has 0 saturated carbocycles. The maximum absolute atomic E-state index is 12.0. The van der Waals surface area contributed by atoms with Crippen LogP contribution in [0.5, 0.6) is 17.4 Å². The zero-order chi connectivity index (χ0) is 22.2. The second-order valence-corrected chi connectivity index (χ2v) is 8.56. The highest BCUT2D eigenvalue weighted by Crippen LogP contribution is 2.30. The quantitative estimate of drug-likeness (QED) is 0.306. The lowest BCUT2D eigenvalue weighted by Gasteiger charge is -2.14. The first-order valence-electron chi connectivity index (χ1n) is 9.57. The molecule has 2 aromatic carbocycles. The molecule has 7 nitrogen and oxygen atoms in total. The Labute approximate surface area is 193 Å². The molecule has 0 amide bonds. The summed E-state index contributed by atoms with van der Waals surface area (Å²) in [5.74, 6) is 2.36. The molecule has 164 valence electrons. The molecule has 0 aliphatic rings. The number of ether oxygens (including phenoxy) is 3. The van der Waals surface area contributed by atoms with E-state index >= 15 is 0 Å². The summed E-state index contributed by atoms with van der Waals surface area (Å²) in [7, 11) is 3.18. The van der Waals surface area contributed by atoms with E-state index in [0.717, 1.165) is 11.3 Å². The molecule has 1 aromatic heterocycles. The second-order valence-electron chi connectivity index (χ2n) is 6.60. The zero-order valence-electron chi connectivity index (χ0n) is 17.5. The first-order valence-corrected chi connectivity index (χ1v) is 11.3. The van der Waals surface area contributed by atoms with Crippen molar-refractivity contribution in [2.24, 2.45) is 0 Å². The molecule has 0 bridgehead atoms. The third kappa shape index (κ3) is 6.18. The van der Waals surface area contributed by atoms with Crippen molar-refractivity contribution in [2.75, 3.05) is 31.9 Å². The van der Waals surface area contributed by atoms with Gasteiger partial charge in [0.15, 0.2) is 11.5 Å². The Kier molecular flexibility index (Phi) is 8.25. The van der Waals surface area contributed by atoms with Gasteiger partial charge >= 0.3 is 0 Å². The molecule has 2 N–H and O–H groups in total. The molecule has 0 aliphatic carbocycles. The van der Waals surface area contributed by atoms with Gasteiger partial charge in [0.25, 0.3) is 11.4 Å². The average molecular weight is 506 g/mol. The van der Waals surface area contributed by atoms with Gasteiger partial charge in [-0.1, -0.05) is 23.8 Å². The first kappa shape index (κ1) is 23.0. The summed E-state index contributed by atoms with van der Waals surface area (Å²) in [5.41, 5.74) is 2.34. The fraction of sp³-hybridized carbons (Fsp3) is 0.273. The van der Waals surface area contributed by atoms with Crippen molar-refractivity contribution in [3.8, 4) is 17.4 Å². The normalized spacial score (nSPS) is 10.6. The Morgan fingerprint density at radius 1 is 1.10 bits per heavy atom. The summed E-state index contributed by atoms with van der Waals surface area (Å²) in [4.78, 5) is 13.2. The van der Waals surface area contributed by atoms with Crippen molar-refractivity contribution in [3.05, 3.63) is 68.4 Å². The summed E-state index contributed by atoms with van der Waals surface area (Å²) in [6.07, 6.45) is 0. The molecule has 3 rings (SSSR count). The van der Waals surface area contributed by atoms with Crippen LogP contribution in [-0.4, -0.2) is 36.8 Å². The number of thioether (sulfide) groups is 1. The van der Waals surface area contributed by atoms with Crippen LogP contribution in [0.4, 0.5) is 5.69 Å². The van der Waals surface area contributed by atoms with Crippen LogP contribution in [0.1, 0.15) is 11.1 Å². The Morgan fingerprint density at radius 2 is 1.84 bits per heavy atom. The number of H-pyrrole nitrogens is 1. The lowest BCUT2D eigenvalue weighted by atomic mass is 10.2. The van der Waals surface area contributed by atoms with Crippen LogP contribution in [0.15, 0.2) is 56.6 Å². The van der Waals surface area contributed by atoms with Crippen LogP contribution in [-0.2, 0) is 6.54 Å². The standard InChI is InChI=1S/C22H24BrN3O4S/c1-14-4-7-16(8-5-14)31-11-10-30-22-20(19(23)21(27)25-26-22)24-13-15-6-9-17(28-2)18(12-15)29-3/h4-9,12H,10-11,13H2,1-3H3,(H2,24,25,27). The van der Waals surface area contributed by atoms with Crippen LogP contribution in [0.2, 0.25) is 0 Å². The maximum atomic E-state index is 12.0. The molecule has 0 saturated heterocycles. The molecule has 9 heteroatoms. The number of benzene rings is 2. The van der Waals surface area contributed by atoms with Crippen molar-refractivity contribution in [1.82, 2.24) is 10.2 Å². The average Bonchev–Trinajstić information content (AvgIpc) is 2.79. The number of anilines is 1. The van der Waals surface area contributed by atoms with Gasteiger partial charge in [-0.25, -0.2) is 5.10 Å². The van der Waals surface area contributed by atoms with Gasteiger partial charge < -0.3 is 19.5 Å². The molecular formula is C22H24BrN3O4S. The number of methoxy groups -OCH3 is 2. The van der Waals surface area contributed by atoms with Crippen LogP contribution < -0.4 is 25.1 Å². The van der Waals surface area contributed by atoms with Crippen LogP contribution in [0.3, 0.4) is 0 Å². The summed E-state index contributed by atoms with van der Waals surface area (Å²) in [5, 5.41) is 9.74. The minimum atomic E-state index is -0.337. The Balaban J connectivity index is 1.65. The second kappa shape index (κ2) is 11.1. The SMILES string of the molecule is COc1ccc(CNc2c(OCCSc3ccc(C)cc3)n[nH]c(=O)c2Br)cc1OC. The number of nitrogens with zero attached hydrogens (tertiary/aromatic N) is 1. The minimum absolute atomic E-state index is 0.330. The monoisotopic (exact) mass is 505 g/mol. The minimum Gasteiger partial charge on any atom is -0.493 e. The van der Waals surface area contributed by atoms with E-state index in [1.807, 2.05) is 18.2 Å². The van der Waals surface area contributed by atoms with E-state index in [4.69, 9.17) is 14.2 Å². The summed E-state index contributed by atoms with van der Waals surface area (Å²) >= 11 is 5.03. The Morgan fingerprint density at radius 3 is 2.55 bits per heavy atom. The molecule has 0 spiro atoms. The van der Waals surface area contributed by atoms with Gasteiger partial charge in [-0.2, -0.15) is 0 Å². The zero-order valence-corrected chi connectivity index (χ0v) is 19.9. The fourth-order valence-corrected chi connectivity index (χ4v) is 3.91. The number of hydrogen-bond donors (Lipinski definition) is 2. The molecule has 0 aliphatic heterocycles. The van der Waals surface area contributed by atoms with E-state index in [2.05, 4.69) is 62.6 Å². The number of hydrogen-bond acceptors (Lipinski definition) is 7. The number of aryl methyl sites for hydroxylation is 1. The largest absolute Gasteiger partial charge is 0.493 e. The van der Waals surface area contributed by atoms with Gasteiger partial charge in [0.2, 0.25) is 0 Å². The van der Waals surface area contributed by atoms with E-state index in [1.54, 1.807) is 26.0 Å². The van der Waals surface area contributed by atoms with Gasteiger partial charge in [0, 0.05) is 17.2 Å². The third-order valence-electron chi connectivity index (χ3n) is 4.42. The van der Waals surface area contributed by atoms with Crippen molar-refractivity contribution < 1.29 is 14.2 Å². The molecule has 0 fully saturated rings. The van der Waals surface area contributed by atoms with E-state index in [1.165, 1.54) is 10.5 Å². The number of rotatable bonds is 10.